The Morgan fingerprint density at radius 2 is 2.00 bits per heavy atom. The van der Waals surface area contributed by atoms with Crippen molar-refractivity contribution in [1.29, 1.82) is 0 Å². The van der Waals surface area contributed by atoms with E-state index in [1.54, 1.807) is 24.3 Å². The van der Waals surface area contributed by atoms with Crippen LogP contribution in [0.4, 0.5) is 4.79 Å². The summed E-state index contributed by atoms with van der Waals surface area (Å²) in [6.07, 6.45) is -0.758. The van der Waals surface area contributed by atoms with Gasteiger partial charge in [0.1, 0.15) is 10.2 Å². The number of methoxy groups -OCH3 is 1. The number of nitrogens with zero attached hydrogens (tertiary/aromatic N) is 1. The molecule has 6 heteroatoms. The maximum Gasteiger partial charge on any atom is 0.448 e. The van der Waals surface area contributed by atoms with Crippen molar-refractivity contribution < 1.29 is 14.1 Å². The Labute approximate surface area is 105 Å². The molecule has 1 aromatic heterocycles. The fourth-order valence-electron chi connectivity index (χ4n) is 1.41. The molecule has 1 aromatic carbocycles. The molecule has 2 rings (SSSR count). The number of carbonyl (C=O) groups excluding carboxylic acids is 1. The Bertz CT molecular complexity index is 600. The molecule has 0 unspecified atom stereocenters. The lowest BCUT2D eigenvalue weighted by Gasteiger charge is -2.03. The Morgan fingerprint density at radius 3 is 2.59 bits per heavy atom. The molecule has 0 aliphatic rings. The summed E-state index contributed by atoms with van der Waals surface area (Å²) in [6, 6.07) is 8.93. The van der Waals surface area contributed by atoms with Gasteiger partial charge in [-0.15, -0.1) is 4.74 Å². The van der Waals surface area contributed by atoms with Gasteiger partial charge in [-0.1, -0.05) is 30.3 Å². The molecule has 0 saturated carbocycles. The molecule has 1 heterocycles. The first-order valence-corrected chi connectivity index (χ1v) is 5.50. The second-order valence-electron chi connectivity index (χ2n) is 3.17. The van der Waals surface area contributed by atoms with E-state index in [9.17, 15) is 9.59 Å². The van der Waals surface area contributed by atoms with Crippen LogP contribution in [0, 0.1) is 0 Å². The normalized spacial score (nSPS) is 10.2. The average Bonchev–Trinajstić information content (AvgIpc) is 2.66. The molecule has 0 amide bonds. The van der Waals surface area contributed by atoms with Gasteiger partial charge in [0.25, 0.3) is 0 Å². The maximum atomic E-state index is 11.5. The fraction of sp³-hybridized carbons (Fsp3) is 0.0909. The van der Waals surface area contributed by atoms with Crippen molar-refractivity contribution in [2.24, 2.45) is 0 Å². The van der Waals surface area contributed by atoms with Crippen LogP contribution in [0.3, 0.4) is 0 Å². The highest BCUT2D eigenvalue weighted by Crippen LogP contribution is 2.26. The Balaban J connectivity index is 2.68. The smallest absolute Gasteiger partial charge is 0.448 e. The number of ether oxygens (including phenoxy) is 1. The zero-order valence-corrected chi connectivity index (χ0v) is 10.4. The zero-order chi connectivity index (χ0) is 12.4. The van der Waals surface area contributed by atoms with Crippen LogP contribution in [0.15, 0.2) is 44.1 Å². The highest BCUT2D eigenvalue weighted by Gasteiger charge is 2.21. The standard InChI is InChI=1S/C11H8BrNO4/c1-16-11(15)13-9(8(12)10(14)17-13)7-5-3-2-4-6-7/h2-6H,1H3. The molecule has 0 aliphatic carbocycles. The highest BCUT2D eigenvalue weighted by atomic mass is 79.9. The monoisotopic (exact) mass is 297 g/mol. The number of hydrogen-bond acceptors (Lipinski definition) is 4. The lowest BCUT2D eigenvalue weighted by atomic mass is 10.1. The lowest BCUT2D eigenvalue weighted by Crippen LogP contribution is -2.11. The lowest BCUT2D eigenvalue weighted by molar-refractivity contribution is 0.140. The minimum atomic E-state index is -0.758. The molecule has 0 saturated heterocycles. The number of benzene rings is 1. The first-order chi connectivity index (χ1) is 8.15. The predicted octanol–water partition coefficient (Wildman–Crippen LogP) is 2.49. The van der Waals surface area contributed by atoms with Crippen molar-refractivity contribution in [3.05, 3.63) is 45.2 Å². The van der Waals surface area contributed by atoms with E-state index in [1.807, 2.05) is 6.07 Å². The van der Waals surface area contributed by atoms with Crippen molar-refractivity contribution in [2.45, 2.75) is 0 Å². The van der Waals surface area contributed by atoms with Crippen LogP contribution in [0.25, 0.3) is 11.3 Å². The third kappa shape index (κ3) is 2.03. The molecule has 0 aliphatic heterocycles. The summed E-state index contributed by atoms with van der Waals surface area (Å²) in [7, 11) is 1.21. The maximum absolute atomic E-state index is 11.5. The number of halogens is 1. The van der Waals surface area contributed by atoms with Crippen LogP contribution < -0.4 is 5.63 Å². The molecule has 5 nitrogen and oxygen atoms in total. The van der Waals surface area contributed by atoms with Gasteiger partial charge in [-0.25, -0.2) is 9.59 Å². The summed E-state index contributed by atoms with van der Waals surface area (Å²) in [5.41, 5.74) is 0.382. The van der Waals surface area contributed by atoms with Crippen molar-refractivity contribution in [3.63, 3.8) is 0 Å². The summed E-state index contributed by atoms with van der Waals surface area (Å²) < 4.78 is 10.3. The van der Waals surface area contributed by atoms with E-state index in [4.69, 9.17) is 4.52 Å². The molecule has 0 atom stereocenters. The number of hydrogen-bond donors (Lipinski definition) is 0. The van der Waals surface area contributed by atoms with Gasteiger partial charge in [-0.05, 0) is 15.9 Å². The van der Waals surface area contributed by atoms with Gasteiger partial charge in [-0.3, -0.25) is 0 Å². The summed E-state index contributed by atoms with van der Waals surface area (Å²) in [5.74, 6) is 0. The zero-order valence-electron chi connectivity index (χ0n) is 8.84. The first kappa shape index (κ1) is 11.7. The first-order valence-electron chi connectivity index (χ1n) is 4.70. The van der Waals surface area contributed by atoms with Gasteiger partial charge in [0.05, 0.1) is 7.11 Å². The summed E-state index contributed by atoms with van der Waals surface area (Å²) in [5, 5.41) is 0. The Kier molecular flexibility index (Phi) is 3.14. The van der Waals surface area contributed by atoms with Crippen molar-refractivity contribution in [3.8, 4) is 11.3 Å². The van der Waals surface area contributed by atoms with E-state index < -0.39 is 11.7 Å². The minimum absolute atomic E-state index is 0.189. The third-order valence-electron chi connectivity index (χ3n) is 2.15. The minimum Gasteiger partial charge on any atom is -0.450 e. The number of aromatic nitrogens is 1. The molecular weight excluding hydrogens is 290 g/mol. The van der Waals surface area contributed by atoms with Crippen molar-refractivity contribution >= 4 is 22.0 Å². The third-order valence-corrected chi connectivity index (χ3v) is 2.85. The topological polar surface area (TPSA) is 61.4 Å². The Hall–Kier alpha value is -1.82. The number of carbonyl (C=O) groups is 1. The van der Waals surface area contributed by atoms with Gasteiger partial charge in [0, 0.05) is 5.56 Å². The van der Waals surface area contributed by atoms with E-state index in [1.165, 1.54) is 7.11 Å². The van der Waals surface area contributed by atoms with E-state index in [0.717, 1.165) is 4.74 Å². The van der Waals surface area contributed by atoms with Gasteiger partial charge in [-0.2, -0.15) is 0 Å². The van der Waals surface area contributed by atoms with Gasteiger partial charge in [0.15, 0.2) is 0 Å². The van der Waals surface area contributed by atoms with E-state index >= 15 is 0 Å². The van der Waals surface area contributed by atoms with Crippen LogP contribution in [0.1, 0.15) is 0 Å². The molecule has 0 bridgehead atoms. The van der Waals surface area contributed by atoms with Crippen LogP contribution in [0.5, 0.6) is 0 Å². The highest BCUT2D eigenvalue weighted by molar-refractivity contribution is 9.10. The molecule has 0 N–H and O–H groups in total. The van der Waals surface area contributed by atoms with Crippen LogP contribution >= 0.6 is 15.9 Å². The largest absolute Gasteiger partial charge is 0.450 e. The van der Waals surface area contributed by atoms with E-state index in [2.05, 4.69) is 20.7 Å². The SMILES string of the molecule is COC(=O)n1oc(=O)c(Br)c1-c1ccccc1. The van der Waals surface area contributed by atoms with Crippen molar-refractivity contribution in [1.82, 2.24) is 4.74 Å². The summed E-state index contributed by atoms with van der Waals surface area (Å²) in [6.45, 7) is 0. The number of rotatable bonds is 1. The molecule has 0 fully saturated rings. The van der Waals surface area contributed by atoms with Gasteiger partial charge >= 0.3 is 11.7 Å². The molecule has 17 heavy (non-hydrogen) atoms. The Morgan fingerprint density at radius 1 is 1.35 bits per heavy atom. The molecule has 0 radical (unpaired) electrons. The van der Waals surface area contributed by atoms with E-state index in [0.29, 0.717) is 11.3 Å². The van der Waals surface area contributed by atoms with Crippen LogP contribution in [-0.2, 0) is 4.74 Å². The summed E-state index contributed by atoms with van der Waals surface area (Å²) >= 11 is 3.10. The van der Waals surface area contributed by atoms with E-state index in [-0.39, 0.29) is 4.47 Å². The predicted molar refractivity (Wildman–Crippen MR) is 63.9 cm³/mol. The molecular formula is C11H8BrNO4. The molecule has 88 valence electrons. The van der Waals surface area contributed by atoms with Gasteiger partial charge in [0.2, 0.25) is 0 Å². The molecule has 0 spiro atoms. The second-order valence-corrected chi connectivity index (χ2v) is 3.96. The van der Waals surface area contributed by atoms with Crippen LogP contribution in [-0.4, -0.2) is 17.9 Å². The summed E-state index contributed by atoms with van der Waals surface area (Å²) in [4.78, 5) is 22.9. The van der Waals surface area contributed by atoms with Crippen molar-refractivity contribution in [2.75, 3.05) is 7.11 Å². The van der Waals surface area contributed by atoms with Gasteiger partial charge < -0.3 is 9.26 Å². The quantitative estimate of drug-likeness (QED) is 0.811. The van der Waals surface area contributed by atoms with Crippen LogP contribution in [0.2, 0.25) is 0 Å². The fourth-order valence-corrected chi connectivity index (χ4v) is 1.87. The molecule has 2 aromatic rings. The second kappa shape index (κ2) is 4.58. The average molecular weight is 298 g/mol.